The molecule has 0 aromatic carbocycles. The second kappa shape index (κ2) is 13.2. The highest BCUT2D eigenvalue weighted by atomic mass is 127. The van der Waals surface area contributed by atoms with Gasteiger partial charge in [0, 0.05) is 39.3 Å². The van der Waals surface area contributed by atoms with Crippen LogP contribution in [-0.2, 0) is 9.53 Å². The number of nitrogens with one attached hydrogen (secondary N) is 3. The first-order chi connectivity index (χ1) is 12.2. The first kappa shape index (κ1) is 23.0. The largest absolute Gasteiger partial charge is 0.383 e. The number of hydrogen-bond acceptors (Lipinski definition) is 5. The molecule has 0 unspecified atom stereocenters. The Hall–Kier alpha value is -1.07. The van der Waals surface area contributed by atoms with Gasteiger partial charge in [-0.25, -0.2) is 4.99 Å². The van der Waals surface area contributed by atoms with Crippen molar-refractivity contribution in [3.8, 4) is 0 Å². The van der Waals surface area contributed by atoms with Gasteiger partial charge < -0.3 is 25.6 Å². The molecule has 1 aliphatic heterocycles. The molecule has 0 aliphatic carbocycles. The number of rotatable bonds is 8. The number of guanidine groups is 1. The number of aliphatic imine (C=N–C) groups is 1. The van der Waals surface area contributed by atoms with Gasteiger partial charge in [0.05, 0.1) is 11.6 Å². The zero-order chi connectivity index (χ0) is 17.9. The van der Waals surface area contributed by atoms with Gasteiger partial charge in [0.15, 0.2) is 5.96 Å². The van der Waals surface area contributed by atoms with Crippen molar-refractivity contribution >= 4 is 52.2 Å². The smallest absolute Gasteiger partial charge is 0.241 e. The second-order valence-corrected chi connectivity index (χ2v) is 6.82. The molecule has 9 heteroatoms. The molecule has 26 heavy (non-hydrogen) atoms. The van der Waals surface area contributed by atoms with Gasteiger partial charge in [-0.1, -0.05) is 0 Å². The van der Waals surface area contributed by atoms with Crippen LogP contribution in [0.5, 0.6) is 0 Å². The summed E-state index contributed by atoms with van der Waals surface area (Å²) in [5.74, 6) is 0.612. The fourth-order valence-electron chi connectivity index (χ4n) is 2.71. The molecule has 1 fully saturated rings. The normalized spacial score (nSPS) is 15.3. The second-order valence-electron chi connectivity index (χ2n) is 5.89. The van der Waals surface area contributed by atoms with Crippen LogP contribution in [0.15, 0.2) is 22.5 Å². The number of amides is 1. The molecule has 1 aromatic heterocycles. The number of halogens is 1. The van der Waals surface area contributed by atoms with Gasteiger partial charge in [0.1, 0.15) is 6.54 Å². The highest BCUT2D eigenvalue weighted by molar-refractivity contribution is 14.0. The van der Waals surface area contributed by atoms with Crippen LogP contribution >= 0.6 is 35.3 Å². The van der Waals surface area contributed by atoms with Gasteiger partial charge in [-0.15, -0.1) is 35.3 Å². The third-order valence-corrected chi connectivity index (χ3v) is 4.94. The first-order valence-corrected chi connectivity index (χ1v) is 9.69. The summed E-state index contributed by atoms with van der Waals surface area (Å²) in [6.07, 6.45) is 2.12. The fraction of sp³-hybridized carbons (Fsp3) is 0.647. The number of ether oxygens (including phenoxy) is 1. The molecule has 1 aromatic rings. The lowest BCUT2D eigenvalue weighted by Crippen LogP contribution is -2.49. The van der Waals surface area contributed by atoms with Gasteiger partial charge in [0.2, 0.25) is 5.91 Å². The lowest BCUT2D eigenvalue weighted by atomic mass is 10.1. The Morgan fingerprint density at radius 2 is 2.15 bits per heavy atom. The molecule has 1 aliphatic rings. The van der Waals surface area contributed by atoms with Crippen molar-refractivity contribution in [1.82, 2.24) is 16.0 Å². The Morgan fingerprint density at radius 3 is 2.77 bits per heavy atom. The molecule has 148 valence electrons. The summed E-state index contributed by atoms with van der Waals surface area (Å²) in [6.45, 7) is 6.00. The van der Waals surface area contributed by atoms with E-state index in [9.17, 15) is 4.79 Å². The molecule has 1 saturated heterocycles. The van der Waals surface area contributed by atoms with E-state index in [0.717, 1.165) is 32.5 Å². The Morgan fingerprint density at radius 1 is 1.38 bits per heavy atom. The number of nitrogens with zero attached hydrogens (tertiary/aromatic N) is 2. The molecule has 0 spiro atoms. The van der Waals surface area contributed by atoms with Crippen molar-refractivity contribution in [2.45, 2.75) is 25.8 Å². The molecule has 0 atom stereocenters. The predicted octanol–water partition coefficient (Wildman–Crippen LogP) is 1.65. The van der Waals surface area contributed by atoms with E-state index >= 15 is 0 Å². The number of hydrogen-bond donors (Lipinski definition) is 3. The van der Waals surface area contributed by atoms with Gasteiger partial charge >= 0.3 is 0 Å². The van der Waals surface area contributed by atoms with E-state index in [0.29, 0.717) is 25.2 Å². The van der Waals surface area contributed by atoms with Crippen molar-refractivity contribution < 1.29 is 9.53 Å². The van der Waals surface area contributed by atoms with Crippen molar-refractivity contribution in [2.75, 3.05) is 51.3 Å². The average Bonchev–Trinajstić information content (AvgIpc) is 3.15. The van der Waals surface area contributed by atoms with E-state index < -0.39 is 0 Å². The highest BCUT2D eigenvalue weighted by Gasteiger charge is 2.20. The maximum absolute atomic E-state index is 11.8. The van der Waals surface area contributed by atoms with E-state index in [-0.39, 0.29) is 36.4 Å². The third-order valence-electron chi connectivity index (χ3n) is 4.01. The van der Waals surface area contributed by atoms with Crippen LogP contribution < -0.4 is 20.9 Å². The molecule has 0 bridgehead atoms. The summed E-state index contributed by atoms with van der Waals surface area (Å²) in [4.78, 5) is 18.6. The number of methoxy groups -OCH3 is 1. The van der Waals surface area contributed by atoms with Crippen molar-refractivity contribution in [2.24, 2.45) is 4.99 Å². The standard InChI is InChI=1S/C17H29N5O2S.HI/c1-3-18-17(20-13-15(23)19-8-11-24-2)21-14-6-9-22(10-7-14)16-5-4-12-25-16;/h4-5,12,14H,3,6-11,13H2,1-2H3,(H,19,23)(H2,18,20,21);1H. The van der Waals surface area contributed by atoms with E-state index in [1.165, 1.54) is 5.00 Å². The summed E-state index contributed by atoms with van der Waals surface area (Å²) >= 11 is 1.79. The molecule has 3 N–H and O–H groups in total. The van der Waals surface area contributed by atoms with Crippen LogP contribution in [-0.4, -0.2) is 64.3 Å². The van der Waals surface area contributed by atoms with Crippen molar-refractivity contribution in [1.29, 1.82) is 0 Å². The Bertz CT molecular complexity index is 533. The summed E-state index contributed by atoms with van der Waals surface area (Å²) in [6, 6.07) is 4.65. The quantitative estimate of drug-likeness (QED) is 0.221. The number of carbonyl (C=O) groups excluding carboxylic acids is 1. The number of piperidine rings is 1. The molecule has 7 nitrogen and oxygen atoms in total. The minimum absolute atomic E-state index is 0. The van der Waals surface area contributed by atoms with Gasteiger partial charge in [0.25, 0.3) is 0 Å². The zero-order valence-corrected chi connectivity index (χ0v) is 18.6. The maximum atomic E-state index is 11.8. The molecule has 2 heterocycles. The monoisotopic (exact) mass is 495 g/mol. The Balaban J connectivity index is 0.00000338. The zero-order valence-electron chi connectivity index (χ0n) is 15.5. The fourth-order valence-corrected chi connectivity index (χ4v) is 3.49. The summed E-state index contributed by atoms with van der Waals surface area (Å²) in [7, 11) is 1.61. The maximum Gasteiger partial charge on any atom is 0.241 e. The summed E-state index contributed by atoms with van der Waals surface area (Å²) in [5, 5.41) is 12.9. The Kier molecular flexibility index (Phi) is 11.6. The molecular formula is C17H30IN5O2S. The minimum atomic E-state index is -0.0956. The molecule has 0 radical (unpaired) electrons. The molecular weight excluding hydrogens is 465 g/mol. The first-order valence-electron chi connectivity index (χ1n) is 8.82. The van der Waals surface area contributed by atoms with Gasteiger partial charge in [-0.2, -0.15) is 0 Å². The van der Waals surface area contributed by atoms with Crippen LogP contribution in [0, 0.1) is 0 Å². The van der Waals surface area contributed by atoms with Crippen molar-refractivity contribution in [3.05, 3.63) is 17.5 Å². The molecule has 0 saturated carbocycles. The minimum Gasteiger partial charge on any atom is -0.383 e. The predicted molar refractivity (Wildman–Crippen MR) is 119 cm³/mol. The average molecular weight is 495 g/mol. The van der Waals surface area contributed by atoms with Crippen LogP contribution in [0.1, 0.15) is 19.8 Å². The topological polar surface area (TPSA) is 78.0 Å². The molecule has 1 amide bonds. The third kappa shape index (κ3) is 8.09. The number of thiophene rings is 1. The SMILES string of the molecule is CCNC(=NCC(=O)NCCOC)NC1CCN(c2cccs2)CC1.I. The van der Waals surface area contributed by atoms with E-state index in [4.69, 9.17) is 4.74 Å². The van der Waals surface area contributed by atoms with E-state index in [1.807, 2.05) is 6.92 Å². The summed E-state index contributed by atoms with van der Waals surface area (Å²) < 4.78 is 4.91. The van der Waals surface area contributed by atoms with E-state index in [2.05, 4.69) is 43.4 Å². The lowest BCUT2D eigenvalue weighted by molar-refractivity contribution is -0.119. The van der Waals surface area contributed by atoms with Crippen LogP contribution in [0.3, 0.4) is 0 Å². The summed E-state index contributed by atoms with van der Waals surface area (Å²) in [5.41, 5.74) is 0. The lowest BCUT2D eigenvalue weighted by Gasteiger charge is -2.33. The van der Waals surface area contributed by atoms with Crippen molar-refractivity contribution in [3.63, 3.8) is 0 Å². The number of anilines is 1. The van der Waals surface area contributed by atoms with Crippen LogP contribution in [0.4, 0.5) is 5.00 Å². The highest BCUT2D eigenvalue weighted by Crippen LogP contribution is 2.24. The van der Waals surface area contributed by atoms with Crippen LogP contribution in [0.25, 0.3) is 0 Å². The van der Waals surface area contributed by atoms with Crippen LogP contribution in [0.2, 0.25) is 0 Å². The number of carbonyl (C=O) groups is 1. The molecule has 2 rings (SSSR count). The van der Waals surface area contributed by atoms with Gasteiger partial charge in [-0.05, 0) is 37.3 Å². The van der Waals surface area contributed by atoms with E-state index in [1.54, 1.807) is 18.4 Å². The van der Waals surface area contributed by atoms with Gasteiger partial charge in [-0.3, -0.25) is 4.79 Å². The Labute approximate surface area is 177 Å².